The first-order chi connectivity index (χ1) is 11.3. The van der Waals surface area contributed by atoms with E-state index >= 15 is 0 Å². The fraction of sp³-hybridized carbons (Fsp3) is 0.625. The Balaban J connectivity index is 1.59. The summed E-state index contributed by atoms with van der Waals surface area (Å²) in [7, 11) is -3.90. The lowest BCUT2D eigenvalue weighted by Crippen LogP contribution is -2.40. The van der Waals surface area contributed by atoms with E-state index in [-0.39, 0.29) is 16.2 Å². The van der Waals surface area contributed by atoms with Gasteiger partial charge in [-0.1, -0.05) is 17.7 Å². The predicted octanol–water partition coefficient (Wildman–Crippen LogP) is 2.06. The summed E-state index contributed by atoms with van der Waals surface area (Å²) in [6.45, 7) is 5.46. The molecule has 3 fully saturated rings. The molecule has 1 aromatic rings. The van der Waals surface area contributed by atoms with Crippen molar-refractivity contribution in [2.24, 2.45) is 0 Å². The summed E-state index contributed by atoms with van der Waals surface area (Å²) >= 11 is 1.72. The minimum Gasteiger partial charge on any atom is -0.342 e. The molecule has 6 nitrogen and oxygen atoms in total. The zero-order valence-electron chi connectivity index (χ0n) is 13.7. The van der Waals surface area contributed by atoms with E-state index < -0.39 is 34.4 Å². The van der Waals surface area contributed by atoms with Crippen LogP contribution < -0.4 is 0 Å². The number of thioether (sulfide) groups is 1. The van der Waals surface area contributed by atoms with Gasteiger partial charge in [0.2, 0.25) is 0 Å². The molecule has 0 aromatic heterocycles. The van der Waals surface area contributed by atoms with Gasteiger partial charge < -0.3 is 14.2 Å². The van der Waals surface area contributed by atoms with Crippen molar-refractivity contribution in [2.75, 3.05) is 5.75 Å². The lowest BCUT2D eigenvalue weighted by atomic mass is 10.1. The average Bonchev–Trinajstić information content (AvgIpc) is 3.22. The molecular formula is C16H20O6S2. The Hall–Kier alpha value is -0.640. The SMILES string of the molecule is Cc1ccc(S(=O)(=O)O[C@@H]2[C@H]3OC(C)(C)O[C@H]3O[C@@H]2[C@H]2CS2)cc1. The Morgan fingerprint density at radius 3 is 2.46 bits per heavy atom. The van der Waals surface area contributed by atoms with Crippen molar-refractivity contribution in [1.29, 1.82) is 0 Å². The maximum absolute atomic E-state index is 12.7. The van der Waals surface area contributed by atoms with Crippen molar-refractivity contribution >= 4 is 21.9 Å². The normalized spacial score (nSPS) is 37.4. The zero-order chi connectivity index (χ0) is 17.1. The first kappa shape index (κ1) is 16.8. The third-order valence-electron chi connectivity index (χ3n) is 4.30. The maximum Gasteiger partial charge on any atom is 0.297 e. The van der Waals surface area contributed by atoms with Gasteiger partial charge in [0.15, 0.2) is 12.1 Å². The van der Waals surface area contributed by atoms with E-state index in [1.807, 2.05) is 6.92 Å². The van der Waals surface area contributed by atoms with E-state index in [0.29, 0.717) is 0 Å². The van der Waals surface area contributed by atoms with Gasteiger partial charge in [-0.15, -0.1) is 0 Å². The number of rotatable bonds is 4. The monoisotopic (exact) mass is 372 g/mol. The standard InChI is InChI=1S/C16H20O6S2/c1-9-4-6-10(7-5-9)24(17,18)22-13-12(11-8-23-11)19-15-14(13)20-16(2,3)21-15/h4-7,11-15H,8H2,1-3H3/t11-,12-,13+,14-,15-/m1/s1. The van der Waals surface area contributed by atoms with Gasteiger partial charge in [0.05, 0.1) is 4.90 Å². The molecule has 132 valence electrons. The van der Waals surface area contributed by atoms with Gasteiger partial charge >= 0.3 is 0 Å². The third kappa shape index (κ3) is 3.11. The highest BCUT2D eigenvalue weighted by Crippen LogP contribution is 2.47. The number of benzene rings is 1. The molecule has 0 radical (unpaired) electrons. The predicted molar refractivity (Wildman–Crippen MR) is 88.2 cm³/mol. The number of hydrogen-bond donors (Lipinski definition) is 0. The van der Waals surface area contributed by atoms with E-state index in [1.54, 1.807) is 49.9 Å². The van der Waals surface area contributed by atoms with E-state index in [2.05, 4.69) is 0 Å². The molecule has 1 aromatic carbocycles. The van der Waals surface area contributed by atoms with Crippen LogP contribution in [-0.2, 0) is 28.5 Å². The average molecular weight is 372 g/mol. The van der Waals surface area contributed by atoms with Crippen molar-refractivity contribution < 1.29 is 26.8 Å². The Morgan fingerprint density at radius 2 is 1.83 bits per heavy atom. The molecule has 0 aliphatic carbocycles. The van der Waals surface area contributed by atoms with Crippen molar-refractivity contribution in [3.8, 4) is 0 Å². The summed E-state index contributed by atoms with van der Waals surface area (Å²) in [6, 6.07) is 6.59. The molecule has 3 saturated heterocycles. The Labute approximate surface area is 145 Å². The molecule has 0 bridgehead atoms. The molecule has 0 saturated carbocycles. The summed E-state index contributed by atoms with van der Waals surface area (Å²) < 4.78 is 48.4. The van der Waals surface area contributed by atoms with Crippen molar-refractivity contribution in [3.05, 3.63) is 29.8 Å². The van der Waals surface area contributed by atoms with Gasteiger partial charge in [-0.25, -0.2) is 0 Å². The largest absolute Gasteiger partial charge is 0.342 e. The smallest absolute Gasteiger partial charge is 0.297 e. The molecule has 8 heteroatoms. The number of fused-ring (bicyclic) bond motifs is 1. The Morgan fingerprint density at radius 1 is 1.17 bits per heavy atom. The molecule has 0 N–H and O–H groups in total. The lowest BCUT2D eigenvalue weighted by Gasteiger charge is -2.25. The number of aryl methyl sites for hydroxylation is 1. The van der Waals surface area contributed by atoms with E-state index in [1.165, 1.54) is 0 Å². The molecule has 4 rings (SSSR count). The fourth-order valence-electron chi connectivity index (χ4n) is 3.06. The second-order valence-electron chi connectivity index (χ2n) is 6.77. The number of hydrogen-bond acceptors (Lipinski definition) is 7. The highest BCUT2D eigenvalue weighted by Gasteiger charge is 2.60. The fourth-order valence-corrected chi connectivity index (χ4v) is 4.87. The van der Waals surface area contributed by atoms with E-state index in [0.717, 1.165) is 11.3 Å². The molecule has 3 aliphatic heterocycles. The van der Waals surface area contributed by atoms with Crippen molar-refractivity contribution in [3.63, 3.8) is 0 Å². The molecule has 24 heavy (non-hydrogen) atoms. The molecular weight excluding hydrogens is 352 g/mol. The van der Waals surface area contributed by atoms with Crippen LogP contribution >= 0.6 is 11.8 Å². The second-order valence-corrected chi connectivity index (χ2v) is 9.61. The van der Waals surface area contributed by atoms with Crippen LogP contribution in [0.25, 0.3) is 0 Å². The highest BCUT2D eigenvalue weighted by atomic mass is 32.2. The number of ether oxygens (including phenoxy) is 3. The summed E-state index contributed by atoms with van der Waals surface area (Å²) in [5, 5.41) is 0.226. The molecule has 0 spiro atoms. The Bertz CT molecular complexity index is 725. The van der Waals surface area contributed by atoms with Gasteiger partial charge in [0.25, 0.3) is 10.1 Å². The van der Waals surface area contributed by atoms with Crippen LogP contribution in [0.2, 0.25) is 0 Å². The summed E-state index contributed by atoms with van der Waals surface area (Å²) in [5.41, 5.74) is 0.986. The third-order valence-corrected chi connectivity index (χ3v) is 6.61. The van der Waals surface area contributed by atoms with Crippen LogP contribution in [0.1, 0.15) is 19.4 Å². The van der Waals surface area contributed by atoms with Crippen LogP contribution in [-0.4, -0.2) is 49.8 Å². The van der Waals surface area contributed by atoms with Crippen LogP contribution in [0, 0.1) is 6.92 Å². The van der Waals surface area contributed by atoms with Gasteiger partial charge in [-0.05, 0) is 32.9 Å². The van der Waals surface area contributed by atoms with Crippen molar-refractivity contribution in [1.82, 2.24) is 0 Å². The van der Waals surface area contributed by atoms with Crippen LogP contribution in [0.5, 0.6) is 0 Å². The zero-order valence-corrected chi connectivity index (χ0v) is 15.3. The van der Waals surface area contributed by atoms with Gasteiger partial charge in [-0.3, -0.25) is 4.18 Å². The van der Waals surface area contributed by atoms with Gasteiger partial charge in [-0.2, -0.15) is 20.2 Å². The lowest BCUT2D eigenvalue weighted by molar-refractivity contribution is -0.211. The Kier molecular flexibility index (Phi) is 3.98. The summed E-state index contributed by atoms with van der Waals surface area (Å²) in [5.74, 6) is 0.115. The van der Waals surface area contributed by atoms with Crippen molar-refractivity contribution in [2.45, 2.75) is 61.3 Å². The molecule has 0 unspecified atom stereocenters. The summed E-state index contributed by atoms with van der Waals surface area (Å²) in [4.78, 5) is 0.136. The highest BCUT2D eigenvalue weighted by molar-refractivity contribution is 8.07. The van der Waals surface area contributed by atoms with Crippen LogP contribution in [0.4, 0.5) is 0 Å². The second kappa shape index (κ2) is 5.69. The molecule has 0 amide bonds. The quantitative estimate of drug-likeness (QED) is 0.592. The maximum atomic E-state index is 12.7. The molecule has 3 aliphatic rings. The van der Waals surface area contributed by atoms with Crippen LogP contribution in [0.15, 0.2) is 29.2 Å². The minimum absolute atomic E-state index is 0.136. The minimum atomic E-state index is -3.90. The van der Waals surface area contributed by atoms with Gasteiger partial charge in [0, 0.05) is 11.0 Å². The van der Waals surface area contributed by atoms with E-state index in [9.17, 15) is 8.42 Å². The van der Waals surface area contributed by atoms with E-state index in [4.69, 9.17) is 18.4 Å². The van der Waals surface area contributed by atoms with Gasteiger partial charge in [0.1, 0.15) is 18.3 Å². The summed E-state index contributed by atoms with van der Waals surface area (Å²) in [6.07, 6.45) is -2.19. The first-order valence-corrected chi connectivity index (χ1v) is 10.3. The van der Waals surface area contributed by atoms with Crippen LogP contribution in [0.3, 0.4) is 0 Å². The molecule has 5 atom stereocenters. The molecule has 3 heterocycles. The topological polar surface area (TPSA) is 71.1 Å². The first-order valence-electron chi connectivity index (χ1n) is 7.88.